The largest absolute Gasteiger partial charge is 0.444 e. The minimum absolute atomic E-state index is 0.0613. The molecule has 6 heteroatoms. The molecule has 0 radical (unpaired) electrons. The number of nitrogens with one attached hydrogen (secondary N) is 1. The third-order valence-electron chi connectivity index (χ3n) is 2.72. The summed E-state index contributed by atoms with van der Waals surface area (Å²) in [4.78, 5) is 25.0. The van der Waals surface area contributed by atoms with Crippen molar-refractivity contribution in [1.29, 1.82) is 0 Å². The van der Waals surface area contributed by atoms with E-state index in [2.05, 4.69) is 17.5 Å². The molecule has 0 bridgehead atoms. The first-order chi connectivity index (χ1) is 8.33. The van der Waals surface area contributed by atoms with E-state index in [1.165, 1.54) is 5.49 Å². The number of likely N-dealkylation sites (tertiary alicyclic amines) is 1. The standard InChI is InChI=1S/C12H20N2O3S/c1-12(2,3)17-11(16)14-6-4-9(5-7-14)10(15)13-8-18/h8-9H,4-7H2,1-3H3,(H,13,15,18). The van der Waals surface area contributed by atoms with Crippen molar-refractivity contribution in [3.05, 3.63) is 0 Å². The monoisotopic (exact) mass is 272 g/mol. The molecule has 0 unspecified atom stereocenters. The Kier molecular flexibility index (Phi) is 5.07. The molecular formula is C12H20N2O3S. The number of carbonyl (C=O) groups excluding carboxylic acids is 2. The van der Waals surface area contributed by atoms with Gasteiger partial charge in [0, 0.05) is 19.0 Å². The van der Waals surface area contributed by atoms with Crippen LogP contribution in [0.2, 0.25) is 0 Å². The number of amides is 2. The fourth-order valence-corrected chi connectivity index (χ4v) is 1.94. The van der Waals surface area contributed by atoms with Gasteiger partial charge in [-0.15, -0.1) is 0 Å². The number of rotatable bonds is 2. The molecule has 1 fully saturated rings. The summed E-state index contributed by atoms with van der Waals surface area (Å²) in [5.74, 6) is -0.128. The second-order valence-electron chi connectivity index (χ2n) is 5.37. The smallest absolute Gasteiger partial charge is 0.410 e. The first-order valence-corrected chi connectivity index (χ1v) is 6.52. The van der Waals surface area contributed by atoms with Crippen molar-refractivity contribution in [3.63, 3.8) is 0 Å². The van der Waals surface area contributed by atoms with Gasteiger partial charge >= 0.3 is 6.09 Å². The molecule has 0 aliphatic carbocycles. The molecule has 102 valence electrons. The normalized spacial score (nSPS) is 17.2. The predicted octanol–water partition coefficient (Wildman–Crippen LogP) is 1.71. The molecule has 1 aliphatic rings. The van der Waals surface area contributed by atoms with Crippen LogP contribution in [0.15, 0.2) is 0 Å². The molecule has 1 N–H and O–H groups in total. The Hall–Kier alpha value is -1.17. The molecule has 0 aromatic carbocycles. The molecule has 2 amide bonds. The molecule has 5 nitrogen and oxygen atoms in total. The van der Waals surface area contributed by atoms with Crippen LogP contribution in [-0.4, -0.2) is 41.1 Å². The van der Waals surface area contributed by atoms with E-state index in [1.807, 2.05) is 20.8 Å². The lowest BCUT2D eigenvalue weighted by Gasteiger charge is -2.32. The summed E-state index contributed by atoms with van der Waals surface area (Å²) in [6.07, 6.45) is 0.985. The van der Waals surface area contributed by atoms with E-state index in [0.717, 1.165) is 0 Å². The van der Waals surface area contributed by atoms with Crippen molar-refractivity contribution >= 4 is 29.7 Å². The molecule has 1 aliphatic heterocycles. The molecule has 0 spiro atoms. The minimum Gasteiger partial charge on any atom is -0.444 e. The van der Waals surface area contributed by atoms with Gasteiger partial charge in [-0.25, -0.2) is 4.79 Å². The Morgan fingerprint density at radius 1 is 1.33 bits per heavy atom. The minimum atomic E-state index is -0.484. The van der Waals surface area contributed by atoms with E-state index in [-0.39, 0.29) is 17.9 Å². The number of hydrogen-bond acceptors (Lipinski definition) is 4. The van der Waals surface area contributed by atoms with Gasteiger partial charge < -0.3 is 15.0 Å². The highest BCUT2D eigenvalue weighted by Gasteiger charge is 2.29. The summed E-state index contributed by atoms with van der Waals surface area (Å²) in [6, 6.07) is 0. The van der Waals surface area contributed by atoms with Gasteiger partial charge in [-0.1, -0.05) is 12.2 Å². The highest BCUT2D eigenvalue weighted by molar-refractivity contribution is 7.78. The maximum Gasteiger partial charge on any atom is 0.410 e. The Bertz CT molecular complexity index is 331. The molecule has 0 atom stereocenters. The quantitative estimate of drug-likeness (QED) is 0.777. The van der Waals surface area contributed by atoms with Gasteiger partial charge in [0.15, 0.2) is 0 Å². The molecule has 18 heavy (non-hydrogen) atoms. The molecule has 0 aromatic heterocycles. The first-order valence-electron chi connectivity index (χ1n) is 6.05. The molecule has 0 saturated carbocycles. The number of nitrogens with zero attached hydrogens (tertiary/aromatic N) is 1. The Balaban J connectivity index is 2.42. The maximum absolute atomic E-state index is 11.8. The van der Waals surface area contributed by atoms with E-state index in [9.17, 15) is 9.59 Å². The first kappa shape index (κ1) is 14.9. The Morgan fingerprint density at radius 3 is 2.33 bits per heavy atom. The molecule has 0 aromatic rings. The number of ether oxygens (including phenoxy) is 1. The molecule has 1 saturated heterocycles. The van der Waals surface area contributed by atoms with Gasteiger partial charge in [-0.2, -0.15) is 0 Å². The third-order valence-corrected chi connectivity index (χ3v) is 2.84. The zero-order valence-corrected chi connectivity index (χ0v) is 11.9. The number of carbonyl (C=O) groups is 2. The zero-order chi connectivity index (χ0) is 13.8. The van der Waals surface area contributed by atoms with Crippen molar-refractivity contribution in [3.8, 4) is 0 Å². The second kappa shape index (κ2) is 6.13. The van der Waals surface area contributed by atoms with Gasteiger partial charge in [0.1, 0.15) is 5.60 Å². The van der Waals surface area contributed by atoms with E-state index < -0.39 is 5.60 Å². The van der Waals surface area contributed by atoms with E-state index in [4.69, 9.17) is 4.74 Å². The van der Waals surface area contributed by atoms with Gasteiger partial charge in [-0.3, -0.25) is 4.79 Å². The summed E-state index contributed by atoms with van der Waals surface area (Å²) in [6.45, 7) is 6.61. The van der Waals surface area contributed by atoms with Crippen LogP contribution in [0.25, 0.3) is 0 Å². The van der Waals surface area contributed by atoms with Gasteiger partial charge in [0.25, 0.3) is 0 Å². The van der Waals surface area contributed by atoms with Crippen LogP contribution >= 0.6 is 12.2 Å². The fourth-order valence-electron chi connectivity index (χ4n) is 1.83. The highest BCUT2D eigenvalue weighted by atomic mass is 32.1. The molecule has 1 heterocycles. The maximum atomic E-state index is 11.8. The summed E-state index contributed by atoms with van der Waals surface area (Å²) in [5.41, 5.74) is 0.741. The average Bonchev–Trinajstić information content (AvgIpc) is 2.27. The molecular weight excluding hydrogens is 252 g/mol. The van der Waals surface area contributed by atoms with Crippen molar-refractivity contribution in [2.45, 2.75) is 39.2 Å². The number of piperidine rings is 1. The van der Waals surface area contributed by atoms with Gasteiger partial charge in [0.05, 0.1) is 5.49 Å². The van der Waals surface area contributed by atoms with Crippen LogP contribution in [0, 0.1) is 5.92 Å². The Morgan fingerprint density at radius 2 is 1.89 bits per heavy atom. The Labute approximate surface area is 113 Å². The predicted molar refractivity (Wildman–Crippen MR) is 72.3 cm³/mol. The van der Waals surface area contributed by atoms with Gasteiger partial charge in [-0.05, 0) is 33.6 Å². The SMILES string of the molecule is CC(C)(C)OC(=O)N1CCC(C(=O)NC=S)CC1. The van der Waals surface area contributed by atoms with Crippen LogP contribution in [0.3, 0.4) is 0 Å². The topological polar surface area (TPSA) is 58.6 Å². The zero-order valence-electron chi connectivity index (χ0n) is 11.1. The summed E-state index contributed by atoms with van der Waals surface area (Å²) < 4.78 is 5.28. The summed E-state index contributed by atoms with van der Waals surface area (Å²) >= 11 is 4.58. The lowest BCUT2D eigenvalue weighted by atomic mass is 9.96. The van der Waals surface area contributed by atoms with Crippen LogP contribution in [0.5, 0.6) is 0 Å². The van der Waals surface area contributed by atoms with Crippen LogP contribution in [0.1, 0.15) is 33.6 Å². The number of thiocarbonyl (C=S) groups is 1. The lowest BCUT2D eigenvalue weighted by molar-refractivity contribution is -0.124. The second-order valence-corrected chi connectivity index (χ2v) is 5.60. The fraction of sp³-hybridized carbons (Fsp3) is 0.750. The van der Waals surface area contributed by atoms with Crippen LogP contribution in [-0.2, 0) is 9.53 Å². The van der Waals surface area contributed by atoms with Crippen molar-refractivity contribution < 1.29 is 14.3 Å². The van der Waals surface area contributed by atoms with Crippen LogP contribution in [0.4, 0.5) is 4.79 Å². The van der Waals surface area contributed by atoms with Crippen molar-refractivity contribution in [2.24, 2.45) is 5.92 Å². The van der Waals surface area contributed by atoms with E-state index in [0.29, 0.717) is 25.9 Å². The summed E-state index contributed by atoms with van der Waals surface area (Å²) in [5, 5.41) is 2.51. The lowest BCUT2D eigenvalue weighted by Crippen LogP contribution is -2.44. The van der Waals surface area contributed by atoms with Gasteiger partial charge in [0.2, 0.25) is 5.91 Å². The molecule has 1 rings (SSSR count). The summed E-state index contributed by atoms with van der Waals surface area (Å²) in [7, 11) is 0. The average molecular weight is 272 g/mol. The third kappa shape index (κ3) is 4.60. The van der Waals surface area contributed by atoms with E-state index in [1.54, 1.807) is 4.90 Å². The highest BCUT2D eigenvalue weighted by Crippen LogP contribution is 2.19. The van der Waals surface area contributed by atoms with Crippen molar-refractivity contribution in [1.82, 2.24) is 10.2 Å². The van der Waals surface area contributed by atoms with Crippen LogP contribution < -0.4 is 5.32 Å². The van der Waals surface area contributed by atoms with E-state index >= 15 is 0 Å². The van der Waals surface area contributed by atoms with Crippen molar-refractivity contribution in [2.75, 3.05) is 13.1 Å². The number of hydrogen-bond donors (Lipinski definition) is 1.